The van der Waals surface area contributed by atoms with Gasteiger partial charge in [0, 0.05) is 25.0 Å². The molecular formula is C19H18ClN3O3S2. The van der Waals surface area contributed by atoms with Crippen LogP contribution in [0.25, 0.3) is 11.3 Å². The molecule has 0 bridgehead atoms. The van der Waals surface area contributed by atoms with Crippen LogP contribution in [0, 0.1) is 6.92 Å². The summed E-state index contributed by atoms with van der Waals surface area (Å²) >= 11 is 7.40. The Balaban J connectivity index is 1.85. The molecule has 1 aromatic heterocycles. The number of nitrogens with one attached hydrogen (secondary N) is 1. The van der Waals surface area contributed by atoms with E-state index < -0.39 is 15.9 Å². The van der Waals surface area contributed by atoms with Gasteiger partial charge in [0.2, 0.25) is 10.0 Å². The summed E-state index contributed by atoms with van der Waals surface area (Å²) in [6.45, 7) is 2.00. The number of aromatic nitrogens is 1. The molecule has 0 radical (unpaired) electrons. The Hall–Kier alpha value is -2.26. The third-order valence-electron chi connectivity index (χ3n) is 4.03. The zero-order valence-corrected chi connectivity index (χ0v) is 17.8. The minimum Gasteiger partial charge on any atom is -0.298 e. The number of carbonyl (C=O) groups excluding carboxylic acids is 1. The number of rotatable bonds is 5. The Kier molecular flexibility index (Phi) is 5.85. The van der Waals surface area contributed by atoms with Crippen molar-refractivity contribution in [2.75, 3.05) is 19.4 Å². The van der Waals surface area contributed by atoms with Crippen LogP contribution < -0.4 is 5.32 Å². The molecule has 2 aromatic carbocycles. The van der Waals surface area contributed by atoms with Crippen molar-refractivity contribution in [1.29, 1.82) is 0 Å². The zero-order valence-electron chi connectivity index (χ0n) is 15.4. The Morgan fingerprint density at radius 2 is 1.82 bits per heavy atom. The van der Waals surface area contributed by atoms with Crippen LogP contribution in [0.15, 0.2) is 52.7 Å². The number of hydrogen-bond acceptors (Lipinski definition) is 5. The third kappa shape index (κ3) is 4.25. The van der Waals surface area contributed by atoms with E-state index in [1.54, 1.807) is 0 Å². The summed E-state index contributed by atoms with van der Waals surface area (Å²) in [5.41, 5.74) is 2.90. The second-order valence-corrected chi connectivity index (χ2v) is 9.70. The molecule has 0 atom stereocenters. The van der Waals surface area contributed by atoms with Gasteiger partial charge in [0.05, 0.1) is 21.2 Å². The molecular weight excluding hydrogens is 418 g/mol. The summed E-state index contributed by atoms with van der Waals surface area (Å²) in [6, 6.07) is 11.9. The second-order valence-electron chi connectivity index (χ2n) is 6.29. The molecule has 1 amide bonds. The molecule has 28 heavy (non-hydrogen) atoms. The number of thiazole rings is 1. The predicted molar refractivity (Wildman–Crippen MR) is 113 cm³/mol. The first kappa shape index (κ1) is 20.5. The van der Waals surface area contributed by atoms with Crippen LogP contribution >= 0.6 is 22.9 Å². The summed E-state index contributed by atoms with van der Waals surface area (Å²) in [6.07, 6.45) is 0. The van der Waals surface area contributed by atoms with Crippen molar-refractivity contribution in [2.45, 2.75) is 11.8 Å². The van der Waals surface area contributed by atoms with Crippen LogP contribution in [0.3, 0.4) is 0 Å². The maximum atomic E-state index is 12.6. The SMILES string of the molecule is Cc1ccc(-c2csc(NC(=O)c3cc(S(=O)(=O)N(C)C)ccc3Cl)n2)cc1. The van der Waals surface area contributed by atoms with Gasteiger partial charge in [-0.15, -0.1) is 11.3 Å². The van der Waals surface area contributed by atoms with Gasteiger partial charge in [0.1, 0.15) is 0 Å². The van der Waals surface area contributed by atoms with Crippen molar-refractivity contribution >= 4 is 44.0 Å². The topological polar surface area (TPSA) is 79.4 Å². The quantitative estimate of drug-likeness (QED) is 0.648. The van der Waals surface area contributed by atoms with E-state index in [1.165, 1.54) is 43.6 Å². The molecule has 146 valence electrons. The summed E-state index contributed by atoms with van der Waals surface area (Å²) in [5.74, 6) is -0.523. The standard InChI is InChI=1S/C19H18ClN3O3S2/c1-12-4-6-13(7-5-12)17-11-27-19(21-17)22-18(24)15-10-14(8-9-16(15)20)28(25,26)23(2)3/h4-11H,1-3H3,(H,21,22,24). The minimum absolute atomic E-state index is 0.00784. The molecule has 0 saturated carbocycles. The van der Waals surface area contributed by atoms with E-state index in [9.17, 15) is 13.2 Å². The third-order valence-corrected chi connectivity index (χ3v) is 6.93. The van der Waals surface area contributed by atoms with Crippen LogP contribution in [-0.2, 0) is 10.0 Å². The van der Waals surface area contributed by atoms with Gasteiger partial charge in [-0.3, -0.25) is 10.1 Å². The fourth-order valence-corrected chi connectivity index (χ4v) is 4.25. The number of sulfonamides is 1. The van der Waals surface area contributed by atoms with Gasteiger partial charge in [0.25, 0.3) is 5.91 Å². The van der Waals surface area contributed by atoms with Gasteiger partial charge in [-0.2, -0.15) is 0 Å². The predicted octanol–water partition coefficient (Wildman–Crippen LogP) is 4.27. The molecule has 0 saturated heterocycles. The summed E-state index contributed by atoms with van der Waals surface area (Å²) in [5, 5.41) is 5.08. The van der Waals surface area contributed by atoms with Gasteiger partial charge < -0.3 is 0 Å². The second kappa shape index (κ2) is 8.00. The Labute approximate surface area is 172 Å². The molecule has 3 aromatic rings. The summed E-state index contributed by atoms with van der Waals surface area (Å²) in [4.78, 5) is 17.1. The molecule has 0 unspecified atom stereocenters. The van der Waals surface area contributed by atoms with Gasteiger partial charge in [-0.25, -0.2) is 17.7 Å². The molecule has 1 N–H and O–H groups in total. The van der Waals surface area contributed by atoms with Gasteiger partial charge in [-0.1, -0.05) is 41.4 Å². The normalized spacial score (nSPS) is 11.6. The monoisotopic (exact) mass is 435 g/mol. The lowest BCUT2D eigenvalue weighted by Crippen LogP contribution is -2.23. The molecule has 0 aliphatic carbocycles. The van der Waals surface area contributed by atoms with Crippen LogP contribution in [-0.4, -0.2) is 37.7 Å². The molecule has 1 heterocycles. The van der Waals surface area contributed by atoms with Crippen molar-refractivity contribution < 1.29 is 13.2 Å². The lowest BCUT2D eigenvalue weighted by Gasteiger charge is -2.13. The molecule has 0 spiro atoms. The fourth-order valence-electron chi connectivity index (χ4n) is 2.40. The van der Waals surface area contributed by atoms with E-state index in [1.807, 2.05) is 36.6 Å². The van der Waals surface area contributed by atoms with E-state index in [2.05, 4.69) is 10.3 Å². The fraction of sp³-hybridized carbons (Fsp3) is 0.158. The average molecular weight is 436 g/mol. The minimum atomic E-state index is -3.68. The van der Waals surface area contributed by atoms with Gasteiger partial charge in [0.15, 0.2) is 5.13 Å². The number of benzene rings is 2. The van der Waals surface area contributed by atoms with Gasteiger partial charge >= 0.3 is 0 Å². The number of hydrogen-bond donors (Lipinski definition) is 1. The first-order chi connectivity index (χ1) is 13.2. The molecule has 6 nitrogen and oxygen atoms in total. The van der Waals surface area contributed by atoms with E-state index in [0.717, 1.165) is 21.1 Å². The number of carbonyl (C=O) groups is 1. The van der Waals surface area contributed by atoms with Crippen molar-refractivity contribution in [3.8, 4) is 11.3 Å². The van der Waals surface area contributed by atoms with E-state index >= 15 is 0 Å². The molecule has 0 aliphatic heterocycles. The molecule has 9 heteroatoms. The highest BCUT2D eigenvalue weighted by Gasteiger charge is 2.21. The largest absolute Gasteiger partial charge is 0.298 e. The zero-order chi connectivity index (χ0) is 20.5. The Morgan fingerprint density at radius 1 is 1.14 bits per heavy atom. The van der Waals surface area contributed by atoms with Crippen molar-refractivity contribution in [2.24, 2.45) is 0 Å². The Morgan fingerprint density at radius 3 is 2.46 bits per heavy atom. The highest BCUT2D eigenvalue weighted by Crippen LogP contribution is 2.27. The summed E-state index contributed by atoms with van der Waals surface area (Å²) in [7, 11) is -0.831. The first-order valence-electron chi connectivity index (χ1n) is 8.24. The van der Waals surface area contributed by atoms with E-state index in [0.29, 0.717) is 5.13 Å². The van der Waals surface area contributed by atoms with Crippen LogP contribution in [0.5, 0.6) is 0 Å². The number of aryl methyl sites for hydroxylation is 1. The van der Waals surface area contributed by atoms with Crippen LogP contribution in [0.1, 0.15) is 15.9 Å². The number of anilines is 1. The highest BCUT2D eigenvalue weighted by atomic mass is 35.5. The maximum absolute atomic E-state index is 12.6. The lowest BCUT2D eigenvalue weighted by molar-refractivity contribution is 0.102. The first-order valence-corrected chi connectivity index (χ1v) is 10.9. The molecule has 3 rings (SSSR count). The molecule has 0 fully saturated rings. The smallest absolute Gasteiger partial charge is 0.259 e. The van der Waals surface area contributed by atoms with Crippen molar-refractivity contribution in [3.63, 3.8) is 0 Å². The maximum Gasteiger partial charge on any atom is 0.259 e. The van der Waals surface area contributed by atoms with Crippen LogP contribution in [0.2, 0.25) is 5.02 Å². The molecule has 0 aliphatic rings. The number of halogens is 1. The average Bonchev–Trinajstić information content (AvgIpc) is 3.10. The van der Waals surface area contributed by atoms with Gasteiger partial charge in [-0.05, 0) is 25.1 Å². The number of amides is 1. The van der Waals surface area contributed by atoms with Crippen molar-refractivity contribution in [1.82, 2.24) is 9.29 Å². The number of nitrogens with zero attached hydrogens (tertiary/aromatic N) is 2. The van der Waals surface area contributed by atoms with E-state index in [4.69, 9.17) is 11.6 Å². The Bertz CT molecular complexity index is 1120. The van der Waals surface area contributed by atoms with E-state index in [-0.39, 0.29) is 15.5 Å². The summed E-state index contributed by atoms with van der Waals surface area (Å²) < 4.78 is 25.7. The van der Waals surface area contributed by atoms with Crippen molar-refractivity contribution in [3.05, 3.63) is 64.0 Å². The lowest BCUT2D eigenvalue weighted by atomic mass is 10.1. The highest BCUT2D eigenvalue weighted by molar-refractivity contribution is 7.89. The van der Waals surface area contributed by atoms with Crippen LogP contribution in [0.4, 0.5) is 5.13 Å².